The first-order valence-electron chi connectivity index (χ1n) is 12.1. The number of benzene rings is 2. The molecule has 0 saturated carbocycles. The normalized spacial score (nSPS) is 12.0. The number of hydrogen-bond acceptors (Lipinski definition) is 1. The van der Waals surface area contributed by atoms with Crippen molar-refractivity contribution in [2.75, 3.05) is 11.9 Å². The first-order valence-corrected chi connectivity index (χ1v) is 12.1. The van der Waals surface area contributed by atoms with Gasteiger partial charge in [-0.1, -0.05) is 94.8 Å². The summed E-state index contributed by atoms with van der Waals surface area (Å²) in [5.74, 6) is 0. The Morgan fingerprint density at radius 3 is 2.34 bits per heavy atom. The molecule has 0 aromatic heterocycles. The number of anilines is 1. The molecule has 0 amide bonds. The zero-order valence-electron chi connectivity index (χ0n) is 21.3. The average molecular weight is 430 g/mol. The summed E-state index contributed by atoms with van der Waals surface area (Å²) in [4.78, 5) is 0. The average Bonchev–Trinajstić information content (AvgIpc) is 2.73. The molecule has 0 saturated heterocycles. The van der Waals surface area contributed by atoms with Crippen LogP contribution in [0.25, 0.3) is 11.6 Å². The van der Waals surface area contributed by atoms with Crippen LogP contribution in [0.2, 0.25) is 0 Å². The number of rotatable bonds is 11. The van der Waals surface area contributed by atoms with Gasteiger partial charge in [0.05, 0.1) is 0 Å². The molecule has 0 atom stereocenters. The van der Waals surface area contributed by atoms with Gasteiger partial charge in [-0.2, -0.15) is 0 Å². The van der Waals surface area contributed by atoms with Gasteiger partial charge in [0, 0.05) is 12.2 Å². The van der Waals surface area contributed by atoms with Gasteiger partial charge in [-0.15, -0.1) is 0 Å². The van der Waals surface area contributed by atoms with Gasteiger partial charge in [0.15, 0.2) is 0 Å². The molecule has 0 radical (unpaired) electrons. The van der Waals surface area contributed by atoms with E-state index in [9.17, 15) is 0 Å². The van der Waals surface area contributed by atoms with Gasteiger partial charge in [-0.25, -0.2) is 0 Å². The van der Waals surface area contributed by atoms with Crippen LogP contribution in [0.4, 0.5) is 5.69 Å². The van der Waals surface area contributed by atoms with Gasteiger partial charge >= 0.3 is 0 Å². The Balaban J connectivity index is 2.12. The maximum atomic E-state index is 4.28. The van der Waals surface area contributed by atoms with Crippen LogP contribution in [0.1, 0.15) is 81.7 Å². The fourth-order valence-electron chi connectivity index (χ4n) is 4.03. The molecule has 172 valence electrons. The molecular formula is C31H43N. The summed E-state index contributed by atoms with van der Waals surface area (Å²) < 4.78 is 0. The summed E-state index contributed by atoms with van der Waals surface area (Å²) in [5, 5.41) is 3.64. The standard InChI is InChI=1S/C31H43N/c1-9-11-13-27-21-28(18-17-25(27)10-2)32-19-12-14-26-16-15-24(5)20-29(26)30(23(3)4)22-31(6,7)8/h10,15-18,20-22,32H,2-3,9,11-14,19H2,1,4-8H3/b30-22+. The van der Waals surface area contributed by atoms with Crippen molar-refractivity contribution in [2.24, 2.45) is 5.41 Å². The van der Waals surface area contributed by atoms with Gasteiger partial charge in [0.2, 0.25) is 0 Å². The van der Waals surface area contributed by atoms with Crippen molar-refractivity contribution < 1.29 is 0 Å². The maximum Gasteiger partial charge on any atom is 0.0343 e. The molecule has 32 heavy (non-hydrogen) atoms. The first-order chi connectivity index (χ1) is 15.1. The molecule has 2 rings (SSSR count). The summed E-state index contributed by atoms with van der Waals surface area (Å²) in [6.07, 6.45) is 10.0. The molecule has 0 heterocycles. The molecule has 2 aromatic carbocycles. The van der Waals surface area contributed by atoms with Crippen molar-refractivity contribution in [3.8, 4) is 0 Å². The molecule has 0 bridgehead atoms. The molecule has 0 aliphatic heterocycles. The fourth-order valence-corrected chi connectivity index (χ4v) is 4.03. The lowest BCUT2D eigenvalue weighted by Gasteiger charge is -2.20. The summed E-state index contributed by atoms with van der Waals surface area (Å²) in [6.45, 7) is 22.5. The highest BCUT2D eigenvalue weighted by Gasteiger charge is 2.14. The zero-order chi connectivity index (χ0) is 23.7. The number of unbranched alkanes of at least 4 members (excludes halogenated alkanes) is 1. The molecule has 0 fully saturated rings. The van der Waals surface area contributed by atoms with E-state index in [2.05, 4.69) is 102 Å². The van der Waals surface area contributed by atoms with Crippen LogP contribution in [0.15, 0.2) is 61.2 Å². The molecule has 0 aliphatic rings. The summed E-state index contributed by atoms with van der Waals surface area (Å²) in [5.41, 5.74) is 10.4. The minimum atomic E-state index is 0.115. The topological polar surface area (TPSA) is 12.0 Å². The van der Waals surface area contributed by atoms with Crippen LogP contribution in [-0.4, -0.2) is 6.54 Å². The van der Waals surface area contributed by atoms with Crippen LogP contribution in [0.3, 0.4) is 0 Å². The molecule has 1 heteroatoms. The predicted octanol–water partition coefficient (Wildman–Crippen LogP) is 9.03. The smallest absolute Gasteiger partial charge is 0.0343 e. The highest BCUT2D eigenvalue weighted by atomic mass is 14.9. The highest BCUT2D eigenvalue weighted by molar-refractivity contribution is 5.80. The first kappa shape index (κ1) is 25.7. The number of nitrogens with one attached hydrogen (secondary N) is 1. The zero-order valence-corrected chi connectivity index (χ0v) is 21.3. The Morgan fingerprint density at radius 2 is 1.72 bits per heavy atom. The van der Waals surface area contributed by atoms with Crippen LogP contribution < -0.4 is 5.32 Å². The van der Waals surface area contributed by atoms with Crippen LogP contribution in [-0.2, 0) is 12.8 Å². The summed E-state index contributed by atoms with van der Waals surface area (Å²) in [7, 11) is 0. The second-order valence-electron chi connectivity index (χ2n) is 10.1. The van der Waals surface area contributed by atoms with E-state index < -0.39 is 0 Å². The van der Waals surface area contributed by atoms with Crippen LogP contribution in [0.5, 0.6) is 0 Å². The Bertz CT molecular complexity index is 953. The number of allylic oxidation sites excluding steroid dienone is 3. The van der Waals surface area contributed by atoms with Crippen molar-refractivity contribution in [1.82, 2.24) is 0 Å². The van der Waals surface area contributed by atoms with Crippen molar-refractivity contribution in [2.45, 2.75) is 73.6 Å². The van der Waals surface area contributed by atoms with Crippen molar-refractivity contribution in [3.05, 3.63) is 89.0 Å². The predicted molar refractivity (Wildman–Crippen MR) is 145 cm³/mol. The number of hydrogen-bond donors (Lipinski definition) is 1. The Hall–Kier alpha value is -2.54. The quantitative estimate of drug-likeness (QED) is 0.277. The van der Waals surface area contributed by atoms with Crippen molar-refractivity contribution in [3.63, 3.8) is 0 Å². The maximum absolute atomic E-state index is 4.28. The lowest BCUT2D eigenvalue weighted by atomic mass is 9.85. The third kappa shape index (κ3) is 7.86. The van der Waals surface area contributed by atoms with Crippen LogP contribution >= 0.6 is 0 Å². The van der Waals surface area contributed by atoms with E-state index in [1.165, 1.54) is 51.9 Å². The monoisotopic (exact) mass is 429 g/mol. The van der Waals surface area contributed by atoms with Gasteiger partial charge in [-0.3, -0.25) is 0 Å². The SMILES string of the molecule is C=Cc1ccc(NCCCc2ccc(C)cc2/C(=C/C(C)(C)C)C(=C)C)cc1CCCC. The molecule has 0 spiro atoms. The van der Waals surface area contributed by atoms with E-state index in [1.807, 2.05) is 6.08 Å². The summed E-state index contributed by atoms with van der Waals surface area (Å²) in [6, 6.07) is 13.5. The van der Waals surface area contributed by atoms with Crippen LogP contribution in [0, 0.1) is 12.3 Å². The Labute approximate surface area is 197 Å². The molecule has 2 aromatic rings. The summed E-state index contributed by atoms with van der Waals surface area (Å²) >= 11 is 0. The molecule has 0 unspecified atom stereocenters. The molecular weight excluding hydrogens is 386 g/mol. The Morgan fingerprint density at radius 1 is 1.00 bits per heavy atom. The second-order valence-corrected chi connectivity index (χ2v) is 10.1. The fraction of sp³-hybridized carbons (Fsp3) is 0.419. The Kier molecular flexibility index (Phi) is 9.57. The number of aryl methyl sites for hydroxylation is 3. The van der Waals surface area contributed by atoms with Gasteiger partial charge in [0.1, 0.15) is 0 Å². The van der Waals surface area contributed by atoms with Gasteiger partial charge in [-0.05, 0) is 84.9 Å². The van der Waals surface area contributed by atoms with E-state index in [0.717, 1.165) is 31.4 Å². The van der Waals surface area contributed by atoms with E-state index in [4.69, 9.17) is 0 Å². The lowest BCUT2D eigenvalue weighted by Crippen LogP contribution is -2.06. The van der Waals surface area contributed by atoms with E-state index in [-0.39, 0.29) is 5.41 Å². The molecule has 1 nitrogen and oxygen atoms in total. The molecule has 1 N–H and O–H groups in total. The molecule has 0 aliphatic carbocycles. The van der Waals surface area contributed by atoms with E-state index in [1.54, 1.807) is 0 Å². The lowest BCUT2D eigenvalue weighted by molar-refractivity contribution is 0.545. The third-order valence-corrected chi connectivity index (χ3v) is 5.71. The minimum absolute atomic E-state index is 0.115. The largest absolute Gasteiger partial charge is 0.385 e. The van der Waals surface area contributed by atoms with E-state index in [0.29, 0.717) is 0 Å². The van der Waals surface area contributed by atoms with Gasteiger partial charge in [0.25, 0.3) is 0 Å². The van der Waals surface area contributed by atoms with E-state index >= 15 is 0 Å². The van der Waals surface area contributed by atoms with Gasteiger partial charge < -0.3 is 5.32 Å². The second kappa shape index (κ2) is 11.9. The van der Waals surface area contributed by atoms with Crippen molar-refractivity contribution in [1.29, 1.82) is 0 Å². The van der Waals surface area contributed by atoms with Crippen molar-refractivity contribution >= 4 is 17.3 Å². The minimum Gasteiger partial charge on any atom is -0.385 e. The third-order valence-electron chi connectivity index (χ3n) is 5.71. The highest BCUT2D eigenvalue weighted by Crippen LogP contribution is 2.31.